The molecule has 0 rings (SSSR count). The Balaban J connectivity index is 3.88. The van der Waals surface area contributed by atoms with Crippen LogP contribution in [-0.2, 0) is 27.9 Å². The zero-order valence-corrected chi connectivity index (χ0v) is 37.3. The van der Waals surface area contributed by atoms with Crippen molar-refractivity contribution in [1.29, 1.82) is 0 Å². The highest BCUT2D eigenvalue weighted by Crippen LogP contribution is 2.43. The van der Waals surface area contributed by atoms with Gasteiger partial charge in [0.15, 0.2) is 0 Å². The molecule has 0 radical (unpaired) electrons. The van der Waals surface area contributed by atoms with E-state index in [2.05, 4.69) is 26.0 Å². The fraction of sp³-hybridized carbons (Fsp3) is 0.935. The van der Waals surface area contributed by atoms with Crippen LogP contribution in [-0.4, -0.2) is 49.9 Å². The summed E-state index contributed by atoms with van der Waals surface area (Å²) in [5.74, 6) is -0.327. The van der Waals surface area contributed by atoms with Gasteiger partial charge in [-0.1, -0.05) is 206 Å². The molecule has 0 amide bonds. The Kier molecular flexibility index (Phi) is 43.7. The Morgan fingerprint density at radius 1 is 0.527 bits per heavy atom. The van der Waals surface area contributed by atoms with Gasteiger partial charge in [0.2, 0.25) is 0 Å². The summed E-state index contributed by atoms with van der Waals surface area (Å²) in [5.41, 5.74) is 5.37. The van der Waals surface area contributed by atoms with Gasteiger partial charge in [-0.05, 0) is 38.5 Å². The Labute approximate surface area is 341 Å². The topological polar surface area (TPSA) is 117 Å². The third-order valence-corrected chi connectivity index (χ3v) is 11.4. The lowest BCUT2D eigenvalue weighted by Crippen LogP contribution is -2.28. The average Bonchev–Trinajstić information content (AvgIpc) is 3.17. The number of rotatable bonds is 46. The number of hydrogen-bond acceptors (Lipinski definition) is 7. The van der Waals surface area contributed by atoms with Gasteiger partial charge in [-0.15, -0.1) is 0 Å². The lowest BCUT2D eigenvalue weighted by atomic mass is 10.0. The molecule has 0 saturated heterocycles. The number of carbonyl (C=O) groups excluding carboxylic acids is 1. The number of hydrogen-bond donors (Lipinski definition) is 2. The predicted molar refractivity (Wildman–Crippen MR) is 234 cm³/mol. The van der Waals surface area contributed by atoms with Crippen molar-refractivity contribution in [2.24, 2.45) is 5.73 Å². The number of esters is 1. The van der Waals surface area contributed by atoms with Crippen molar-refractivity contribution >= 4 is 13.8 Å². The first kappa shape index (κ1) is 54.2. The van der Waals surface area contributed by atoms with Crippen molar-refractivity contribution in [3.8, 4) is 0 Å². The number of phosphoric acid groups is 1. The fourth-order valence-electron chi connectivity index (χ4n) is 6.93. The number of phosphoric ester groups is 1. The highest BCUT2D eigenvalue weighted by Gasteiger charge is 2.25. The molecular weight excluding hydrogens is 709 g/mol. The Bertz CT molecular complexity index is 858. The van der Waals surface area contributed by atoms with Gasteiger partial charge in [-0.25, -0.2) is 4.57 Å². The van der Waals surface area contributed by atoms with Gasteiger partial charge in [0, 0.05) is 19.6 Å². The number of ether oxygens (including phenoxy) is 2. The summed E-state index contributed by atoms with van der Waals surface area (Å²) < 4.78 is 33.5. The molecule has 2 atom stereocenters. The van der Waals surface area contributed by atoms with Crippen molar-refractivity contribution in [2.45, 2.75) is 245 Å². The molecule has 328 valence electrons. The van der Waals surface area contributed by atoms with E-state index in [0.29, 0.717) is 13.0 Å². The maximum absolute atomic E-state index is 12.6. The van der Waals surface area contributed by atoms with Crippen molar-refractivity contribution < 1.29 is 32.8 Å². The number of carbonyl (C=O) groups is 1. The van der Waals surface area contributed by atoms with Gasteiger partial charge >= 0.3 is 13.8 Å². The molecule has 0 aliphatic rings. The van der Waals surface area contributed by atoms with Crippen LogP contribution in [0.2, 0.25) is 0 Å². The molecule has 2 unspecified atom stereocenters. The van der Waals surface area contributed by atoms with Crippen LogP contribution in [0.3, 0.4) is 0 Å². The van der Waals surface area contributed by atoms with E-state index in [1.165, 1.54) is 186 Å². The van der Waals surface area contributed by atoms with Gasteiger partial charge in [-0.2, -0.15) is 0 Å². The zero-order valence-electron chi connectivity index (χ0n) is 36.4. The van der Waals surface area contributed by atoms with E-state index < -0.39 is 13.9 Å². The van der Waals surface area contributed by atoms with Crippen molar-refractivity contribution in [1.82, 2.24) is 0 Å². The van der Waals surface area contributed by atoms with E-state index in [9.17, 15) is 14.3 Å². The lowest BCUT2D eigenvalue weighted by molar-refractivity contribution is -0.154. The van der Waals surface area contributed by atoms with Crippen LogP contribution in [0.4, 0.5) is 0 Å². The fourth-order valence-corrected chi connectivity index (χ4v) is 7.70. The number of unbranched alkanes of at least 4 members (excludes halogenated alkanes) is 31. The SMILES string of the molecule is CCCCC/C=C\CCCCCCCCOCC(COP(=O)(O)OCCN)OC(=O)CCCCCCCCCCCCCCCCCCCCCCCCC. The largest absolute Gasteiger partial charge is 0.472 e. The highest BCUT2D eigenvalue weighted by atomic mass is 31.2. The molecule has 0 aromatic rings. The van der Waals surface area contributed by atoms with Crippen LogP contribution in [0.15, 0.2) is 12.2 Å². The summed E-state index contributed by atoms with van der Waals surface area (Å²) in [4.78, 5) is 22.5. The molecule has 0 saturated carbocycles. The normalized spacial score (nSPS) is 13.5. The molecule has 0 aliphatic heterocycles. The Morgan fingerprint density at radius 2 is 0.909 bits per heavy atom. The lowest BCUT2D eigenvalue weighted by Gasteiger charge is -2.20. The molecule has 0 aromatic carbocycles. The van der Waals surface area contributed by atoms with E-state index in [-0.39, 0.29) is 32.3 Å². The summed E-state index contributed by atoms with van der Waals surface area (Å²) in [6.45, 7) is 4.94. The van der Waals surface area contributed by atoms with Crippen LogP contribution in [0.5, 0.6) is 0 Å². The second kappa shape index (κ2) is 44.3. The first-order valence-electron chi connectivity index (χ1n) is 23.7. The van der Waals surface area contributed by atoms with E-state index in [1.807, 2.05) is 0 Å². The minimum atomic E-state index is -4.27. The third kappa shape index (κ3) is 44.2. The minimum Gasteiger partial charge on any atom is -0.457 e. The maximum atomic E-state index is 12.6. The van der Waals surface area contributed by atoms with E-state index in [4.69, 9.17) is 24.3 Å². The zero-order chi connectivity index (χ0) is 40.2. The Morgan fingerprint density at radius 3 is 1.36 bits per heavy atom. The van der Waals surface area contributed by atoms with Crippen LogP contribution in [0.1, 0.15) is 239 Å². The summed E-state index contributed by atoms with van der Waals surface area (Å²) in [6, 6.07) is 0. The quantitative estimate of drug-likeness (QED) is 0.0270. The molecule has 0 aliphatic carbocycles. The molecule has 0 spiro atoms. The van der Waals surface area contributed by atoms with Crippen LogP contribution >= 0.6 is 7.82 Å². The predicted octanol–water partition coefficient (Wildman–Crippen LogP) is 14.3. The molecule has 55 heavy (non-hydrogen) atoms. The molecule has 9 heteroatoms. The van der Waals surface area contributed by atoms with Gasteiger partial charge < -0.3 is 20.1 Å². The van der Waals surface area contributed by atoms with E-state index >= 15 is 0 Å². The molecule has 0 bridgehead atoms. The van der Waals surface area contributed by atoms with E-state index in [1.54, 1.807) is 0 Å². The summed E-state index contributed by atoms with van der Waals surface area (Å²) >= 11 is 0. The van der Waals surface area contributed by atoms with Crippen LogP contribution in [0, 0.1) is 0 Å². The molecule has 3 N–H and O–H groups in total. The number of allylic oxidation sites excluding steroid dienone is 2. The van der Waals surface area contributed by atoms with E-state index in [0.717, 1.165) is 32.1 Å². The maximum Gasteiger partial charge on any atom is 0.472 e. The number of nitrogens with two attached hydrogens (primary N) is 1. The first-order chi connectivity index (χ1) is 26.9. The standard InChI is InChI=1S/C46H92NO7P/c1-3-5-7-9-11-13-15-17-18-19-20-21-22-23-24-25-26-27-29-31-33-35-37-39-46(48)54-45(44-53-55(49,50)52-42-40-47)43-51-41-38-36-34-32-30-28-16-14-12-10-8-6-4-2/h12,14,45H,3-11,13,15-44,47H2,1-2H3,(H,49,50)/b14-12-. The smallest absolute Gasteiger partial charge is 0.457 e. The second-order valence-corrected chi connectivity index (χ2v) is 17.4. The van der Waals surface area contributed by atoms with Gasteiger partial charge in [0.1, 0.15) is 6.10 Å². The average molecular weight is 802 g/mol. The second-order valence-electron chi connectivity index (χ2n) is 16.0. The summed E-state index contributed by atoms with van der Waals surface area (Å²) in [5, 5.41) is 0. The summed E-state index contributed by atoms with van der Waals surface area (Å²) in [6.07, 6.45) is 48.1. The summed E-state index contributed by atoms with van der Waals surface area (Å²) in [7, 11) is -4.27. The minimum absolute atomic E-state index is 0.0932. The van der Waals surface area contributed by atoms with Crippen molar-refractivity contribution in [3.63, 3.8) is 0 Å². The van der Waals surface area contributed by atoms with Gasteiger partial charge in [0.05, 0.1) is 19.8 Å². The molecular formula is C46H92NO7P. The van der Waals surface area contributed by atoms with Crippen molar-refractivity contribution in [2.75, 3.05) is 33.0 Å². The van der Waals surface area contributed by atoms with Crippen molar-refractivity contribution in [3.05, 3.63) is 12.2 Å². The Hall–Kier alpha value is -0.760. The third-order valence-electron chi connectivity index (χ3n) is 10.4. The van der Waals surface area contributed by atoms with Crippen LogP contribution < -0.4 is 5.73 Å². The first-order valence-corrected chi connectivity index (χ1v) is 25.2. The monoisotopic (exact) mass is 802 g/mol. The highest BCUT2D eigenvalue weighted by molar-refractivity contribution is 7.47. The van der Waals surface area contributed by atoms with Gasteiger partial charge in [-0.3, -0.25) is 13.8 Å². The molecule has 0 aromatic heterocycles. The molecule has 0 fully saturated rings. The molecule has 8 nitrogen and oxygen atoms in total. The molecule has 0 heterocycles. The van der Waals surface area contributed by atoms with Crippen LogP contribution in [0.25, 0.3) is 0 Å². The van der Waals surface area contributed by atoms with Gasteiger partial charge in [0.25, 0.3) is 0 Å².